The van der Waals surface area contributed by atoms with E-state index >= 15 is 0 Å². The first-order valence-electron chi connectivity index (χ1n) is 4.40. The summed E-state index contributed by atoms with van der Waals surface area (Å²) in [5, 5.41) is 0. The molecule has 0 aromatic heterocycles. The Bertz CT molecular complexity index is 96.3. The van der Waals surface area contributed by atoms with Crippen molar-refractivity contribution in [2.75, 3.05) is 32.8 Å². The third kappa shape index (κ3) is 2.77. The Morgan fingerprint density at radius 1 is 1.64 bits per heavy atom. The number of nitrogens with zero attached hydrogens (tertiary/aromatic N) is 1. The molecule has 2 N–H and O–H groups in total. The van der Waals surface area contributed by atoms with Crippen LogP contribution in [0, 0.1) is 0 Å². The second-order valence-electron chi connectivity index (χ2n) is 2.98. The smallest absolute Gasteiger partial charge is 0.0823 e. The lowest BCUT2D eigenvalue weighted by molar-refractivity contribution is 0.0613. The van der Waals surface area contributed by atoms with Gasteiger partial charge in [-0.25, -0.2) is 0 Å². The van der Waals surface area contributed by atoms with Crippen LogP contribution in [0.15, 0.2) is 0 Å². The zero-order valence-electron chi connectivity index (χ0n) is 7.25. The zero-order valence-corrected chi connectivity index (χ0v) is 7.25. The van der Waals surface area contributed by atoms with Crippen molar-refractivity contribution in [3.63, 3.8) is 0 Å². The van der Waals surface area contributed by atoms with E-state index in [2.05, 4.69) is 11.8 Å². The van der Waals surface area contributed by atoms with E-state index in [0.717, 1.165) is 32.7 Å². The number of rotatable bonds is 2. The maximum Gasteiger partial charge on any atom is 0.0823 e. The molecular formula is C8H18N2O. The second-order valence-corrected chi connectivity index (χ2v) is 2.98. The molecule has 1 fully saturated rings. The Morgan fingerprint density at radius 2 is 2.45 bits per heavy atom. The van der Waals surface area contributed by atoms with Gasteiger partial charge in [-0.15, -0.1) is 0 Å². The van der Waals surface area contributed by atoms with Crippen LogP contribution in [-0.4, -0.2) is 43.8 Å². The third-order valence-corrected chi connectivity index (χ3v) is 2.14. The highest BCUT2D eigenvalue weighted by Gasteiger charge is 2.15. The van der Waals surface area contributed by atoms with Crippen molar-refractivity contribution >= 4 is 0 Å². The number of likely N-dealkylation sites (N-methyl/N-ethyl adjacent to an activating group) is 1. The molecule has 3 heteroatoms. The molecule has 1 unspecified atom stereocenters. The minimum atomic E-state index is 0.262. The standard InChI is InChI=1S/C8H18N2O/c1-2-10-4-3-5-11-8(6-9)7-10/h8H,2-7,9H2,1H3. The predicted octanol–water partition coefficient (Wildman–Crippen LogP) is 0.0559. The summed E-state index contributed by atoms with van der Waals surface area (Å²) >= 11 is 0. The Hall–Kier alpha value is -0.120. The van der Waals surface area contributed by atoms with Gasteiger partial charge in [0.15, 0.2) is 0 Å². The molecule has 3 nitrogen and oxygen atoms in total. The van der Waals surface area contributed by atoms with Crippen LogP contribution in [0.4, 0.5) is 0 Å². The fourth-order valence-electron chi connectivity index (χ4n) is 1.40. The SMILES string of the molecule is CCN1CCCOC(CN)C1. The lowest BCUT2D eigenvalue weighted by Crippen LogP contribution is -2.35. The van der Waals surface area contributed by atoms with E-state index in [0.29, 0.717) is 6.54 Å². The van der Waals surface area contributed by atoms with Gasteiger partial charge in [0.25, 0.3) is 0 Å². The van der Waals surface area contributed by atoms with Crippen LogP contribution in [0.1, 0.15) is 13.3 Å². The summed E-state index contributed by atoms with van der Waals surface area (Å²) in [5.41, 5.74) is 5.54. The summed E-state index contributed by atoms with van der Waals surface area (Å²) < 4.78 is 5.52. The van der Waals surface area contributed by atoms with Crippen molar-refractivity contribution in [1.82, 2.24) is 4.90 Å². The van der Waals surface area contributed by atoms with Crippen LogP contribution in [-0.2, 0) is 4.74 Å². The van der Waals surface area contributed by atoms with Gasteiger partial charge in [0.2, 0.25) is 0 Å². The van der Waals surface area contributed by atoms with E-state index in [4.69, 9.17) is 10.5 Å². The first kappa shape index (κ1) is 8.97. The average Bonchev–Trinajstić information content (AvgIpc) is 2.28. The predicted molar refractivity (Wildman–Crippen MR) is 45.5 cm³/mol. The molecule has 0 bridgehead atoms. The number of ether oxygens (including phenoxy) is 1. The van der Waals surface area contributed by atoms with E-state index < -0.39 is 0 Å². The summed E-state index contributed by atoms with van der Waals surface area (Å²) in [6.07, 6.45) is 1.40. The molecule has 11 heavy (non-hydrogen) atoms. The summed E-state index contributed by atoms with van der Waals surface area (Å²) in [6, 6.07) is 0. The molecule has 1 atom stereocenters. The molecule has 0 amide bonds. The summed E-state index contributed by atoms with van der Waals surface area (Å²) in [4.78, 5) is 2.39. The van der Waals surface area contributed by atoms with Gasteiger partial charge < -0.3 is 15.4 Å². The largest absolute Gasteiger partial charge is 0.376 e. The minimum absolute atomic E-state index is 0.262. The molecule has 0 spiro atoms. The molecule has 1 aliphatic rings. The van der Waals surface area contributed by atoms with Crippen LogP contribution >= 0.6 is 0 Å². The molecule has 1 saturated heterocycles. The van der Waals surface area contributed by atoms with Crippen molar-refractivity contribution in [3.8, 4) is 0 Å². The van der Waals surface area contributed by atoms with Crippen molar-refractivity contribution in [2.45, 2.75) is 19.4 Å². The molecule has 0 radical (unpaired) electrons. The van der Waals surface area contributed by atoms with E-state index in [1.165, 1.54) is 0 Å². The summed E-state index contributed by atoms with van der Waals surface area (Å²) in [6.45, 7) is 6.98. The Labute approximate surface area is 68.5 Å². The molecule has 1 rings (SSSR count). The minimum Gasteiger partial charge on any atom is -0.376 e. The Kier molecular flexibility index (Phi) is 3.83. The highest BCUT2D eigenvalue weighted by molar-refractivity contribution is 4.69. The van der Waals surface area contributed by atoms with Crippen molar-refractivity contribution in [2.24, 2.45) is 5.73 Å². The van der Waals surface area contributed by atoms with Crippen molar-refractivity contribution < 1.29 is 4.74 Å². The highest BCUT2D eigenvalue weighted by Crippen LogP contribution is 2.03. The van der Waals surface area contributed by atoms with Crippen LogP contribution in [0.5, 0.6) is 0 Å². The van der Waals surface area contributed by atoms with Gasteiger partial charge in [-0.3, -0.25) is 0 Å². The number of hydrogen-bond donors (Lipinski definition) is 1. The molecule has 1 heterocycles. The van der Waals surface area contributed by atoms with Gasteiger partial charge in [-0.2, -0.15) is 0 Å². The molecule has 66 valence electrons. The molecule has 0 saturated carbocycles. The van der Waals surface area contributed by atoms with Gasteiger partial charge >= 0.3 is 0 Å². The third-order valence-electron chi connectivity index (χ3n) is 2.14. The van der Waals surface area contributed by atoms with Gasteiger partial charge in [0.1, 0.15) is 0 Å². The first-order chi connectivity index (χ1) is 5.36. The van der Waals surface area contributed by atoms with Crippen LogP contribution < -0.4 is 5.73 Å². The van der Waals surface area contributed by atoms with E-state index in [1.807, 2.05) is 0 Å². The fraction of sp³-hybridized carbons (Fsp3) is 1.00. The first-order valence-corrected chi connectivity index (χ1v) is 4.40. The normalized spacial score (nSPS) is 28.4. The highest BCUT2D eigenvalue weighted by atomic mass is 16.5. The fourth-order valence-corrected chi connectivity index (χ4v) is 1.40. The number of hydrogen-bond acceptors (Lipinski definition) is 3. The van der Waals surface area contributed by atoms with E-state index in [9.17, 15) is 0 Å². The molecular weight excluding hydrogens is 140 g/mol. The Morgan fingerprint density at radius 3 is 3.09 bits per heavy atom. The molecule has 0 aliphatic carbocycles. The molecule has 0 aromatic rings. The zero-order chi connectivity index (χ0) is 8.10. The van der Waals surface area contributed by atoms with Crippen LogP contribution in [0.2, 0.25) is 0 Å². The molecule has 0 aromatic carbocycles. The quantitative estimate of drug-likeness (QED) is 0.617. The van der Waals surface area contributed by atoms with E-state index in [1.54, 1.807) is 0 Å². The van der Waals surface area contributed by atoms with Crippen molar-refractivity contribution in [1.29, 1.82) is 0 Å². The number of nitrogens with two attached hydrogens (primary N) is 1. The van der Waals surface area contributed by atoms with Gasteiger partial charge in [-0.1, -0.05) is 6.92 Å². The van der Waals surface area contributed by atoms with E-state index in [-0.39, 0.29) is 6.10 Å². The summed E-state index contributed by atoms with van der Waals surface area (Å²) in [5.74, 6) is 0. The van der Waals surface area contributed by atoms with Crippen LogP contribution in [0.3, 0.4) is 0 Å². The second kappa shape index (κ2) is 4.70. The lowest BCUT2D eigenvalue weighted by Gasteiger charge is -2.20. The Balaban J connectivity index is 2.33. The monoisotopic (exact) mass is 158 g/mol. The summed E-state index contributed by atoms with van der Waals surface area (Å²) in [7, 11) is 0. The van der Waals surface area contributed by atoms with Gasteiger partial charge in [-0.05, 0) is 13.0 Å². The van der Waals surface area contributed by atoms with Crippen molar-refractivity contribution in [3.05, 3.63) is 0 Å². The maximum atomic E-state index is 5.54. The van der Waals surface area contributed by atoms with Gasteiger partial charge in [0, 0.05) is 26.2 Å². The molecule has 1 aliphatic heterocycles. The lowest BCUT2D eigenvalue weighted by atomic mass is 10.3. The van der Waals surface area contributed by atoms with Gasteiger partial charge in [0.05, 0.1) is 6.10 Å². The topological polar surface area (TPSA) is 38.5 Å². The average molecular weight is 158 g/mol. The van der Waals surface area contributed by atoms with Crippen LogP contribution in [0.25, 0.3) is 0 Å². The maximum absolute atomic E-state index is 5.54.